The Kier molecular flexibility index (Phi) is 63.9. The van der Waals surface area contributed by atoms with Crippen molar-refractivity contribution in [3.63, 3.8) is 0 Å². The molecule has 0 amide bonds. The van der Waals surface area contributed by atoms with E-state index < -0.39 is 31.6 Å². The predicted octanol–water partition coefficient (Wildman–Crippen LogP) is -2.06. The van der Waals surface area contributed by atoms with Crippen molar-refractivity contribution in [2.45, 2.75) is 0 Å². The largest absolute Gasteiger partial charge is 0.503 e. The third-order valence-corrected chi connectivity index (χ3v) is 0. The van der Waals surface area contributed by atoms with E-state index in [4.69, 9.17) is 91.6 Å². The molecule has 0 aliphatic carbocycles. The van der Waals surface area contributed by atoms with Gasteiger partial charge in [-0.15, -0.1) is 0 Å². The molecule has 148 valence electrons. The summed E-state index contributed by atoms with van der Waals surface area (Å²) in [5.41, 5.74) is 0. The van der Waals surface area contributed by atoms with Crippen LogP contribution in [0.5, 0.6) is 0 Å². The van der Waals surface area contributed by atoms with Crippen molar-refractivity contribution < 1.29 is 134 Å². The first-order valence-electron chi connectivity index (χ1n) is 3.56. The second-order valence-corrected chi connectivity index (χ2v) is 1.55. The van der Waals surface area contributed by atoms with Crippen molar-refractivity contribution in [1.29, 1.82) is 0 Å². The van der Waals surface area contributed by atoms with E-state index in [-0.39, 0.29) is 41.7 Å². The minimum Gasteiger partial charge on any atom is -0.450 e. The monoisotopic (exact) mass is 522 g/mol. The van der Waals surface area contributed by atoms with Gasteiger partial charge in [-0.3, -0.25) is 0 Å². The van der Waals surface area contributed by atoms with Crippen LogP contribution in [-0.4, -0.2) is 93.9 Å². The second-order valence-electron chi connectivity index (χ2n) is 1.55. The third-order valence-electron chi connectivity index (χ3n) is 0. The van der Waals surface area contributed by atoms with Crippen LogP contribution in [0.4, 0.5) is 4.79 Å². The van der Waals surface area contributed by atoms with Gasteiger partial charge in [-0.1, -0.05) is 0 Å². The van der Waals surface area contributed by atoms with Gasteiger partial charge >= 0.3 is 31.6 Å². The molecule has 0 radical (unpaired) electrons. The maximum Gasteiger partial charge on any atom is 0.503 e. The molecule has 0 aromatic heterocycles. The van der Waals surface area contributed by atoms with Gasteiger partial charge in [0.05, 0.1) is 0 Å². The number of nitrogens with zero attached hydrogens (tertiary/aromatic N) is 5. The fourth-order valence-electron chi connectivity index (χ4n) is 0. The van der Waals surface area contributed by atoms with E-state index in [1.54, 1.807) is 0 Å². The molecule has 0 unspecified atom stereocenters. The van der Waals surface area contributed by atoms with Crippen molar-refractivity contribution in [3.8, 4) is 0 Å². The Balaban J connectivity index is -0.0000000309. The summed E-state index contributed by atoms with van der Waals surface area (Å²) in [5, 5.41) is 76.6. The van der Waals surface area contributed by atoms with E-state index in [0.717, 1.165) is 0 Å². The van der Waals surface area contributed by atoms with Crippen molar-refractivity contribution in [2.24, 2.45) is 0 Å². The molecule has 25 heavy (non-hydrogen) atoms. The van der Waals surface area contributed by atoms with Gasteiger partial charge < -0.3 is 10.2 Å². The van der Waals surface area contributed by atoms with Gasteiger partial charge in [-0.2, -0.15) is 0 Å². The number of hydrogen-bond acceptors (Lipinski definition) is 6. The van der Waals surface area contributed by atoms with Crippen LogP contribution < -0.4 is 0 Å². The molecule has 0 rings (SSSR count). The van der Waals surface area contributed by atoms with Crippen molar-refractivity contribution in [1.82, 2.24) is 0 Å². The summed E-state index contributed by atoms with van der Waals surface area (Å²) in [4.78, 5) is 50.9. The standard InChI is InChI=1S/CH2O3.Ce.5H2NO3/c2-1(3)4;;5*2-1(3)4/h(H2,2,3,4);;5*(H2,2,3,4)/q;;5*+1. The van der Waals surface area contributed by atoms with Crippen LogP contribution in [0.15, 0.2) is 0 Å². The maximum atomic E-state index is 8.56. The number of hydrogen-bond donors (Lipinski definition) is 12. The zero-order valence-electron chi connectivity index (χ0n) is 11.1. The first-order valence-corrected chi connectivity index (χ1v) is 3.56. The van der Waals surface area contributed by atoms with Crippen LogP contribution in [0.3, 0.4) is 0 Å². The molecule has 0 fully saturated rings. The molecule has 0 saturated heterocycles. The van der Waals surface area contributed by atoms with Crippen LogP contribution in [0, 0.1) is 66.3 Å². The molecule has 0 aromatic carbocycles. The maximum absolute atomic E-state index is 8.56. The van der Waals surface area contributed by atoms with Gasteiger partial charge in [0.15, 0.2) is 0 Å². The van der Waals surface area contributed by atoms with Gasteiger partial charge in [0.2, 0.25) is 0 Å². The predicted molar refractivity (Wildman–Crippen MR) is 46.7 cm³/mol. The van der Waals surface area contributed by atoms with Crippen LogP contribution in [-0.2, 0) is 0 Å². The molecule has 0 aromatic rings. The molecule has 24 heteroatoms. The number of rotatable bonds is 0. The summed E-state index contributed by atoms with van der Waals surface area (Å²) >= 11 is 0. The Labute approximate surface area is 164 Å². The third kappa shape index (κ3) is 638. The van der Waals surface area contributed by atoms with Crippen molar-refractivity contribution in [3.05, 3.63) is 24.5 Å². The summed E-state index contributed by atoms with van der Waals surface area (Å²) in [5.74, 6) is 0. The molecular weight excluding hydrogens is 510 g/mol. The van der Waals surface area contributed by atoms with E-state index in [9.17, 15) is 0 Å². The molecule has 23 nitrogen and oxygen atoms in total. The van der Waals surface area contributed by atoms with Crippen LogP contribution in [0.1, 0.15) is 0 Å². The van der Waals surface area contributed by atoms with E-state index in [0.29, 0.717) is 0 Å². The first kappa shape index (κ1) is 43.0. The average Bonchev–Trinajstić information content (AvgIpc) is 2.08. The Morgan fingerprint density at radius 1 is 0.440 bits per heavy atom. The molecule has 0 heterocycles. The molecule has 0 aliphatic heterocycles. The zero-order chi connectivity index (χ0) is 21.5. The Morgan fingerprint density at radius 2 is 0.440 bits per heavy atom. The van der Waals surface area contributed by atoms with Crippen LogP contribution in [0.2, 0.25) is 0 Å². The molecule has 0 aliphatic rings. The number of carbonyl (C=O) groups is 1. The first-order chi connectivity index (χ1) is 10.4. The molecule has 0 atom stereocenters. The van der Waals surface area contributed by atoms with Crippen molar-refractivity contribution >= 4 is 6.16 Å². The van der Waals surface area contributed by atoms with E-state index >= 15 is 0 Å². The summed E-state index contributed by atoms with van der Waals surface area (Å²) in [6, 6.07) is 0. The number of carboxylic acid groups (broad SMARTS) is 2. The zero-order valence-corrected chi connectivity index (χ0v) is 14.2. The summed E-state index contributed by atoms with van der Waals surface area (Å²) in [6.07, 6.45) is -1.83. The molecule has 0 spiro atoms. The van der Waals surface area contributed by atoms with Gasteiger partial charge in [-0.05, 0) is 0 Å². The van der Waals surface area contributed by atoms with Gasteiger partial charge in [0.1, 0.15) is 24.5 Å². The van der Waals surface area contributed by atoms with Crippen LogP contribution >= 0.6 is 0 Å². The SMILES string of the molecule is O=C(O)O.O=[N+](O)O.O=[N+](O)O.O=[N+](O)O.O=[N+](O)O.O=[N+](O)O.[Ce]. The molecule has 0 saturated carbocycles. The van der Waals surface area contributed by atoms with Gasteiger partial charge in [0, 0.05) is 41.7 Å². The normalized spacial score (nSPS) is 5.76. The molecule has 0 bridgehead atoms. The second kappa shape index (κ2) is 37.1. The van der Waals surface area contributed by atoms with Crippen LogP contribution in [0.25, 0.3) is 0 Å². The summed E-state index contributed by atoms with van der Waals surface area (Å²) in [6.45, 7) is 0. The van der Waals surface area contributed by atoms with Gasteiger partial charge in [0.25, 0.3) is 0 Å². The van der Waals surface area contributed by atoms with Gasteiger partial charge in [-0.25, -0.2) is 56.9 Å². The van der Waals surface area contributed by atoms with E-state index in [1.807, 2.05) is 0 Å². The fourth-order valence-corrected chi connectivity index (χ4v) is 0. The smallest absolute Gasteiger partial charge is 0.450 e. The minimum absolute atomic E-state index is 0. The minimum atomic E-state index is -1.83. The summed E-state index contributed by atoms with van der Waals surface area (Å²) in [7, 11) is 0. The average molecular weight is 522 g/mol. The quantitative estimate of drug-likeness (QED) is 0.152. The molecule has 12 N–H and O–H groups in total. The van der Waals surface area contributed by atoms with E-state index in [1.165, 1.54) is 0 Å². The summed E-state index contributed by atoms with van der Waals surface area (Å²) < 4.78 is 0. The fraction of sp³-hybridized carbons (Fsp3) is 0. The van der Waals surface area contributed by atoms with Crippen molar-refractivity contribution in [2.75, 3.05) is 0 Å². The topological polar surface area (TPSA) is 360 Å². The Hall–Kier alpha value is -3.35. The molecular formula is CH12CeN5O18+5. The van der Waals surface area contributed by atoms with E-state index in [2.05, 4.69) is 0 Å². The Morgan fingerprint density at radius 3 is 0.440 bits per heavy atom. The Bertz CT molecular complexity index is 261.